The number of aryl methyl sites for hydroxylation is 2. The first-order chi connectivity index (χ1) is 13.0. The van der Waals surface area contributed by atoms with Crippen molar-refractivity contribution in [3.63, 3.8) is 0 Å². The van der Waals surface area contributed by atoms with Crippen molar-refractivity contribution in [3.05, 3.63) is 53.0 Å². The molecule has 4 rings (SSSR count). The zero-order valence-electron chi connectivity index (χ0n) is 16.5. The predicted octanol–water partition coefficient (Wildman–Crippen LogP) is 2.74. The third kappa shape index (κ3) is 4.14. The van der Waals surface area contributed by atoms with Gasteiger partial charge in [0.15, 0.2) is 0 Å². The van der Waals surface area contributed by atoms with E-state index in [1.165, 1.54) is 29.7 Å². The van der Waals surface area contributed by atoms with Gasteiger partial charge in [-0.1, -0.05) is 30.3 Å². The fourth-order valence-corrected chi connectivity index (χ4v) is 4.57. The van der Waals surface area contributed by atoms with Crippen LogP contribution in [0.2, 0.25) is 0 Å². The van der Waals surface area contributed by atoms with Gasteiger partial charge in [-0.3, -0.25) is 4.90 Å². The highest BCUT2D eigenvalue weighted by atomic mass is 16.3. The predicted molar refractivity (Wildman–Crippen MR) is 108 cm³/mol. The van der Waals surface area contributed by atoms with Crippen LogP contribution in [0.1, 0.15) is 41.9 Å². The molecule has 0 spiro atoms. The maximum atomic E-state index is 11.2. The molecule has 2 aromatic rings. The van der Waals surface area contributed by atoms with Gasteiger partial charge in [-0.05, 0) is 44.6 Å². The molecule has 144 valence electrons. The van der Waals surface area contributed by atoms with E-state index in [1.807, 2.05) is 13.0 Å². The highest BCUT2D eigenvalue weighted by Gasteiger charge is 2.37. The molecule has 5 nitrogen and oxygen atoms in total. The number of fused-ring (bicyclic) bond motifs is 1. The Morgan fingerprint density at radius 3 is 2.74 bits per heavy atom. The molecule has 1 aromatic carbocycles. The number of hydrogen-bond acceptors (Lipinski definition) is 5. The molecule has 0 saturated carbocycles. The normalized spacial score (nSPS) is 22.6. The Hall–Kier alpha value is -1.98. The van der Waals surface area contributed by atoms with E-state index in [4.69, 9.17) is 4.98 Å². The minimum atomic E-state index is -0.691. The lowest BCUT2D eigenvalue weighted by Crippen LogP contribution is -2.44. The van der Waals surface area contributed by atoms with Gasteiger partial charge in [-0.25, -0.2) is 9.97 Å². The van der Waals surface area contributed by atoms with E-state index in [9.17, 15) is 5.11 Å². The molecule has 1 N–H and O–H groups in total. The Kier molecular flexibility index (Phi) is 5.15. The van der Waals surface area contributed by atoms with Crippen molar-refractivity contribution in [3.8, 4) is 0 Å². The van der Waals surface area contributed by atoms with Crippen LogP contribution in [0.25, 0.3) is 0 Å². The quantitative estimate of drug-likeness (QED) is 0.882. The van der Waals surface area contributed by atoms with Gasteiger partial charge in [0.25, 0.3) is 0 Å². The average Bonchev–Trinajstić information content (AvgIpc) is 3.02. The number of aliphatic hydroxyl groups is 1. The number of anilines is 1. The smallest absolute Gasteiger partial charge is 0.135 e. The second-order valence-corrected chi connectivity index (χ2v) is 8.25. The van der Waals surface area contributed by atoms with Crippen LogP contribution in [0.3, 0.4) is 0 Å². The first kappa shape index (κ1) is 18.4. The zero-order chi connectivity index (χ0) is 18.9. The minimum Gasteiger partial charge on any atom is -0.387 e. The summed E-state index contributed by atoms with van der Waals surface area (Å²) >= 11 is 0. The lowest BCUT2D eigenvalue weighted by Gasteiger charge is -2.32. The number of nitrogens with zero attached hydrogens (tertiary/aromatic N) is 4. The third-order valence-electron chi connectivity index (χ3n) is 5.83. The molecule has 1 aromatic heterocycles. The molecule has 1 unspecified atom stereocenters. The second kappa shape index (κ2) is 7.56. The van der Waals surface area contributed by atoms with Crippen molar-refractivity contribution in [2.75, 3.05) is 31.6 Å². The molecule has 5 heteroatoms. The standard InChI is InChI=1S/C22H30N4O/c1-17-23-20-11-7-6-10-19(20)21(24-17)25(2)15-22(27)12-13-26(16-22)14-18-8-4-3-5-9-18/h3-5,8-9,27H,6-7,10-16H2,1-2H3. The molecule has 2 aliphatic rings. The van der Waals surface area contributed by atoms with Gasteiger partial charge in [0.2, 0.25) is 0 Å². The number of β-amino-alcohol motifs (C(OH)–C–C–N with tert-alkyl or cyclic N) is 1. The molecule has 1 atom stereocenters. The molecule has 1 aliphatic heterocycles. The SMILES string of the molecule is Cc1nc2c(c(N(C)CC3(O)CCN(Cc4ccccc4)C3)n1)CCCC2. The fraction of sp³-hybridized carbons (Fsp3) is 0.545. The molecule has 2 heterocycles. The number of likely N-dealkylation sites (tertiary alicyclic amines) is 1. The molecule has 1 saturated heterocycles. The Balaban J connectivity index is 1.45. The molecule has 0 amide bonds. The summed E-state index contributed by atoms with van der Waals surface area (Å²) in [5, 5.41) is 11.2. The summed E-state index contributed by atoms with van der Waals surface area (Å²) in [6.07, 6.45) is 5.32. The highest BCUT2D eigenvalue weighted by Crippen LogP contribution is 2.30. The largest absolute Gasteiger partial charge is 0.387 e. The first-order valence-corrected chi connectivity index (χ1v) is 10.1. The fourth-order valence-electron chi connectivity index (χ4n) is 4.57. The van der Waals surface area contributed by atoms with Crippen molar-refractivity contribution >= 4 is 5.82 Å². The van der Waals surface area contributed by atoms with Gasteiger partial charge in [0, 0.05) is 44.5 Å². The maximum absolute atomic E-state index is 11.2. The summed E-state index contributed by atoms with van der Waals surface area (Å²) in [7, 11) is 2.06. The number of aromatic nitrogens is 2. The summed E-state index contributed by atoms with van der Waals surface area (Å²) in [5.74, 6) is 1.86. The summed E-state index contributed by atoms with van der Waals surface area (Å²) in [4.78, 5) is 13.9. The third-order valence-corrected chi connectivity index (χ3v) is 5.83. The van der Waals surface area contributed by atoms with Crippen LogP contribution >= 0.6 is 0 Å². The van der Waals surface area contributed by atoms with Gasteiger partial charge < -0.3 is 10.0 Å². The van der Waals surface area contributed by atoms with Crippen LogP contribution in [0, 0.1) is 6.92 Å². The van der Waals surface area contributed by atoms with Crippen molar-refractivity contribution in [2.24, 2.45) is 0 Å². The van der Waals surface area contributed by atoms with Crippen LogP contribution in [-0.4, -0.2) is 52.3 Å². The Morgan fingerprint density at radius 1 is 1.15 bits per heavy atom. The van der Waals surface area contributed by atoms with Gasteiger partial charge >= 0.3 is 0 Å². The Morgan fingerprint density at radius 2 is 1.93 bits per heavy atom. The van der Waals surface area contributed by atoms with Crippen LogP contribution in [0.5, 0.6) is 0 Å². The van der Waals surface area contributed by atoms with E-state index >= 15 is 0 Å². The molecule has 0 radical (unpaired) electrons. The summed E-state index contributed by atoms with van der Waals surface area (Å²) in [6.45, 7) is 5.12. The van der Waals surface area contributed by atoms with E-state index in [2.05, 4.69) is 46.1 Å². The molecule has 27 heavy (non-hydrogen) atoms. The number of benzene rings is 1. The summed E-state index contributed by atoms with van der Waals surface area (Å²) < 4.78 is 0. The first-order valence-electron chi connectivity index (χ1n) is 10.1. The molecular weight excluding hydrogens is 336 g/mol. The van der Waals surface area contributed by atoms with Crippen molar-refractivity contribution < 1.29 is 5.11 Å². The van der Waals surface area contributed by atoms with Gasteiger partial charge in [-0.15, -0.1) is 0 Å². The Bertz CT molecular complexity index is 794. The van der Waals surface area contributed by atoms with Gasteiger partial charge in [0.1, 0.15) is 11.6 Å². The maximum Gasteiger partial charge on any atom is 0.135 e. The minimum absolute atomic E-state index is 0.612. The van der Waals surface area contributed by atoms with Crippen LogP contribution < -0.4 is 4.90 Å². The van der Waals surface area contributed by atoms with Gasteiger partial charge in [0.05, 0.1) is 5.60 Å². The van der Waals surface area contributed by atoms with E-state index in [0.29, 0.717) is 13.1 Å². The Labute approximate surface area is 162 Å². The van der Waals surface area contributed by atoms with E-state index in [1.54, 1.807) is 0 Å². The second-order valence-electron chi connectivity index (χ2n) is 8.25. The van der Waals surface area contributed by atoms with Crippen molar-refractivity contribution in [1.29, 1.82) is 0 Å². The molecule has 0 bridgehead atoms. The van der Waals surface area contributed by atoms with E-state index in [-0.39, 0.29) is 0 Å². The number of likely N-dealkylation sites (N-methyl/N-ethyl adjacent to an activating group) is 1. The summed E-state index contributed by atoms with van der Waals surface area (Å²) in [6, 6.07) is 10.5. The lowest BCUT2D eigenvalue weighted by atomic mass is 9.95. The average molecular weight is 367 g/mol. The monoisotopic (exact) mass is 366 g/mol. The molecular formula is C22H30N4O. The van der Waals surface area contributed by atoms with Crippen LogP contribution in [0.4, 0.5) is 5.82 Å². The lowest BCUT2D eigenvalue weighted by molar-refractivity contribution is 0.0560. The molecule has 1 fully saturated rings. The zero-order valence-corrected chi connectivity index (χ0v) is 16.5. The topological polar surface area (TPSA) is 52.5 Å². The summed E-state index contributed by atoms with van der Waals surface area (Å²) in [5.41, 5.74) is 3.11. The van der Waals surface area contributed by atoms with Gasteiger partial charge in [-0.2, -0.15) is 0 Å². The van der Waals surface area contributed by atoms with Crippen molar-refractivity contribution in [1.82, 2.24) is 14.9 Å². The number of rotatable bonds is 5. The number of hydrogen-bond donors (Lipinski definition) is 1. The van der Waals surface area contributed by atoms with Crippen molar-refractivity contribution in [2.45, 2.75) is 51.2 Å². The van der Waals surface area contributed by atoms with Crippen LogP contribution in [-0.2, 0) is 19.4 Å². The van der Waals surface area contributed by atoms with E-state index in [0.717, 1.165) is 44.0 Å². The highest BCUT2D eigenvalue weighted by molar-refractivity contribution is 5.50. The molecule has 1 aliphatic carbocycles. The van der Waals surface area contributed by atoms with E-state index < -0.39 is 5.60 Å². The van der Waals surface area contributed by atoms with Crippen LogP contribution in [0.15, 0.2) is 30.3 Å².